The molecule has 5 aliphatic rings. The maximum atomic E-state index is 13.2. The second-order valence-electron chi connectivity index (χ2n) is 8.79. The molecule has 7 rings (SSSR count). The summed E-state index contributed by atoms with van der Waals surface area (Å²) in [7, 11) is 0. The minimum atomic E-state index is -0.463. The van der Waals surface area contributed by atoms with Gasteiger partial charge < -0.3 is 14.9 Å². The monoisotopic (exact) mass is 354 g/mol. The molecule has 0 saturated heterocycles. The molecule has 6 bridgehead atoms. The number of ether oxygens (including phenoxy) is 1. The zero-order chi connectivity index (χ0) is 17.6. The predicted octanol–water partition coefficient (Wildman–Crippen LogP) is 3.04. The van der Waals surface area contributed by atoms with Crippen LogP contribution >= 0.6 is 0 Å². The van der Waals surface area contributed by atoms with Gasteiger partial charge in [0.2, 0.25) is 0 Å². The highest BCUT2D eigenvalue weighted by Gasteiger charge is 2.69. The normalized spacial score (nSPS) is 39.2. The lowest BCUT2D eigenvalue weighted by atomic mass is 9.58. The van der Waals surface area contributed by atoms with E-state index in [9.17, 15) is 15.0 Å². The molecule has 6 atom stereocenters. The van der Waals surface area contributed by atoms with E-state index in [0.29, 0.717) is 28.8 Å². The van der Waals surface area contributed by atoms with Crippen molar-refractivity contribution in [3.63, 3.8) is 0 Å². The van der Waals surface area contributed by atoms with Gasteiger partial charge in [-0.25, -0.2) is 14.3 Å². The zero-order valence-corrected chi connectivity index (χ0v) is 14.5. The maximum absolute atomic E-state index is 13.2. The highest BCUT2D eigenvalue weighted by molar-refractivity contribution is 5.90. The van der Waals surface area contributed by atoms with E-state index in [2.05, 4.69) is 4.98 Å². The third-order valence-electron chi connectivity index (χ3n) is 7.62. The van der Waals surface area contributed by atoms with E-state index in [0.717, 1.165) is 24.7 Å². The predicted molar refractivity (Wildman–Crippen MR) is 92.5 cm³/mol. The molecule has 0 aliphatic heterocycles. The number of para-hydroxylation sites is 1. The number of carbonyl (C=O) groups is 1. The minimum absolute atomic E-state index is 0.000751. The number of phenols is 1. The number of rotatable bonds is 2. The second-order valence-corrected chi connectivity index (χ2v) is 8.79. The van der Waals surface area contributed by atoms with Gasteiger partial charge in [-0.05, 0) is 67.9 Å². The van der Waals surface area contributed by atoms with Gasteiger partial charge in [-0.1, -0.05) is 6.07 Å². The lowest BCUT2D eigenvalue weighted by molar-refractivity contribution is -0.118. The Morgan fingerprint density at radius 3 is 2.96 bits per heavy atom. The molecule has 0 radical (unpaired) electrons. The fourth-order valence-electron chi connectivity index (χ4n) is 7.17. The summed E-state index contributed by atoms with van der Waals surface area (Å²) < 4.78 is 7.57. The van der Waals surface area contributed by atoms with E-state index in [4.69, 9.17) is 4.74 Å². The number of aliphatic hydroxyl groups is 1. The Labute approximate surface area is 150 Å². The number of aromatic nitrogens is 2. The molecule has 6 nitrogen and oxygen atoms in total. The summed E-state index contributed by atoms with van der Waals surface area (Å²) in [6.07, 6.45) is 5.45. The lowest BCUT2D eigenvalue weighted by Crippen LogP contribution is -2.53. The van der Waals surface area contributed by atoms with Crippen LogP contribution in [0.1, 0.15) is 37.9 Å². The van der Waals surface area contributed by atoms with Crippen LogP contribution in [0.5, 0.6) is 5.75 Å². The number of fused-ring (bicyclic) bond motifs is 1. The summed E-state index contributed by atoms with van der Waals surface area (Å²) in [5.41, 5.74) is 0.482. The lowest BCUT2D eigenvalue weighted by Gasteiger charge is -2.52. The molecule has 6 heteroatoms. The van der Waals surface area contributed by atoms with Gasteiger partial charge in [0.05, 0.1) is 5.52 Å². The van der Waals surface area contributed by atoms with Crippen molar-refractivity contribution in [2.45, 2.75) is 44.3 Å². The molecule has 0 spiro atoms. The van der Waals surface area contributed by atoms with E-state index >= 15 is 0 Å². The van der Waals surface area contributed by atoms with E-state index in [1.165, 1.54) is 29.9 Å². The van der Waals surface area contributed by atoms with Crippen molar-refractivity contribution in [2.75, 3.05) is 0 Å². The highest BCUT2D eigenvalue weighted by atomic mass is 16.6. The van der Waals surface area contributed by atoms with E-state index in [1.807, 2.05) is 0 Å². The fourth-order valence-corrected chi connectivity index (χ4v) is 7.17. The molecule has 136 valence electrons. The molecule has 1 aromatic carbocycles. The van der Waals surface area contributed by atoms with Crippen LogP contribution in [0.25, 0.3) is 11.0 Å². The number of benzene rings is 1. The number of imidazole rings is 1. The van der Waals surface area contributed by atoms with E-state index in [1.54, 1.807) is 12.1 Å². The summed E-state index contributed by atoms with van der Waals surface area (Å²) in [5.74, 6) is 3.59. The molecular weight excluding hydrogens is 332 g/mol. The molecule has 2 aromatic rings. The number of nitrogens with zero attached hydrogens (tertiary/aromatic N) is 2. The van der Waals surface area contributed by atoms with Gasteiger partial charge in [0.1, 0.15) is 29.3 Å². The largest absolute Gasteiger partial charge is 0.506 e. The summed E-state index contributed by atoms with van der Waals surface area (Å²) in [5, 5.41) is 19.7. The maximum Gasteiger partial charge on any atom is 0.420 e. The van der Waals surface area contributed by atoms with Gasteiger partial charge in [-0.2, -0.15) is 0 Å². The van der Waals surface area contributed by atoms with Crippen LogP contribution in [0, 0.1) is 29.6 Å². The first kappa shape index (κ1) is 15.0. The second kappa shape index (κ2) is 4.80. The van der Waals surface area contributed by atoms with Gasteiger partial charge in [-0.3, -0.25) is 0 Å². The Kier molecular flexibility index (Phi) is 2.77. The smallest absolute Gasteiger partial charge is 0.420 e. The quantitative estimate of drug-likeness (QED) is 0.866. The van der Waals surface area contributed by atoms with Gasteiger partial charge in [0.25, 0.3) is 0 Å². The van der Waals surface area contributed by atoms with Gasteiger partial charge in [-0.15, -0.1) is 0 Å². The van der Waals surface area contributed by atoms with Gasteiger partial charge >= 0.3 is 6.09 Å². The van der Waals surface area contributed by atoms with Crippen molar-refractivity contribution in [3.8, 4) is 5.75 Å². The third kappa shape index (κ3) is 1.71. The Balaban J connectivity index is 1.40. The van der Waals surface area contributed by atoms with Crippen LogP contribution in [-0.4, -0.2) is 31.5 Å². The number of carbonyl (C=O) groups excluding carboxylic acids is 1. The number of aliphatic hydroxyl groups excluding tert-OH is 1. The molecule has 5 fully saturated rings. The Bertz CT molecular complexity index is 931. The van der Waals surface area contributed by atoms with E-state index < -0.39 is 6.09 Å². The van der Waals surface area contributed by atoms with Crippen LogP contribution in [-0.2, 0) is 11.3 Å². The topological polar surface area (TPSA) is 84.6 Å². The molecule has 2 N–H and O–H groups in total. The molecule has 1 heterocycles. The summed E-state index contributed by atoms with van der Waals surface area (Å²) in [4.78, 5) is 17.4. The van der Waals surface area contributed by atoms with Gasteiger partial charge in [0.15, 0.2) is 0 Å². The Hall–Kier alpha value is -2.08. The van der Waals surface area contributed by atoms with Crippen molar-refractivity contribution in [1.29, 1.82) is 0 Å². The van der Waals surface area contributed by atoms with Crippen molar-refractivity contribution < 1.29 is 19.7 Å². The minimum Gasteiger partial charge on any atom is -0.506 e. The highest BCUT2D eigenvalue weighted by Crippen LogP contribution is 2.71. The molecule has 6 unspecified atom stereocenters. The molecule has 0 amide bonds. The van der Waals surface area contributed by atoms with Crippen molar-refractivity contribution >= 4 is 17.1 Å². The number of hydrogen-bond donors (Lipinski definition) is 2. The summed E-state index contributed by atoms with van der Waals surface area (Å²) in [6.45, 7) is -0.379. The molecular formula is C20H22N2O4. The molecule has 5 aliphatic carbocycles. The zero-order valence-electron chi connectivity index (χ0n) is 14.5. The number of aromatic hydroxyl groups is 1. The van der Waals surface area contributed by atoms with Crippen LogP contribution in [0.2, 0.25) is 0 Å². The summed E-state index contributed by atoms with van der Waals surface area (Å²) >= 11 is 0. The Morgan fingerprint density at radius 1 is 1.27 bits per heavy atom. The molecule has 1 aromatic heterocycles. The summed E-state index contributed by atoms with van der Waals surface area (Å²) in [6, 6.07) is 4.92. The fraction of sp³-hybridized carbons (Fsp3) is 0.600. The van der Waals surface area contributed by atoms with Crippen LogP contribution in [0.4, 0.5) is 4.79 Å². The van der Waals surface area contributed by atoms with Crippen molar-refractivity contribution in [3.05, 3.63) is 24.0 Å². The first-order chi connectivity index (χ1) is 12.6. The van der Waals surface area contributed by atoms with Crippen LogP contribution < -0.4 is 0 Å². The average molecular weight is 354 g/mol. The van der Waals surface area contributed by atoms with Gasteiger partial charge in [0, 0.05) is 5.92 Å². The molecule has 26 heavy (non-hydrogen) atoms. The number of phenolic OH excluding ortho intramolecular Hbond substituents is 1. The van der Waals surface area contributed by atoms with E-state index in [-0.39, 0.29) is 23.8 Å². The standard InChI is InChI=1S/C20H22N2O4/c23-9-16-21-18-14(2-1-3-15(18)24)22(16)19(25)26-20-7-10-4-11-6-12(8-20)13(5-10)17(11)20/h1-3,10-13,17,23-24H,4-9H2. The third-order valence-corrected chi connectivity index (χ3v) is 7.62. The Morgan fingerprint density at radius 2 is 2.15 bits per heavy atom. The van der Waals surface area contributed by atoms with Crippen LogP contribution in [0.3, 0.4) is 0 Å². The van der Waals surface area contributed by atoms with Crippen LogP contribution in [0.15, 0.2) is 18.2 Å². The number of hydrogen-bond acceptors (Lipinski definition) is 5. The van der Waals surface area contributed by atoms with Crippen molar-refractivity contribution in [2.24, 2.45) is 29.6 Å². The first-order valence-corrected chi connectivity index (χ1v) is 9.63. The first-order valence-electron chi connectivity index (χ1n) is 9.63. The molecule has 5 saturated carbocycles. The SMILES string of the molecule is O=C(OC12CC3CC4CC(C1)C(C3)C42)n1c(CO)nc2c(O)cccc21. The average Bonchev–Trinajstić information content (AvgIpc) is 3.18. The van der Waals surface area contributed by atoms with Crippen molar-refractivity contribution in [1.82, 2.24) is 9.55 Å².